The molecule has 0 aliphatic carbocycles. The lowest BCUT2D eigenvalue weighted by Crippen LogP contribution is -2.01. The number of methoxy groups -OCH3 is 1. The van der Waals surface area contributed by atoms with Crippen molar-refractivity contribution in [1.82, 2.24) is 0 Å². The number of hydrogen-bond donors (Lipinski definition) is 1. The van der Waals surface area contributed by atoms with Gasteiger partial charge in [0.1, 0.15) is 11.5 Å². The molecule has 0 amide bonds. The van der Waals surface area contributed by atoms with E-state index in [1.807, 2.05) is 6.92 Å². The minimum atomic E-state index is 0.148. The molecule has 0 aromatic heterocycles. The highest BCUT2D eigenvalue weighted by Gasteiger charge is 2.16. The number of phenolic OH excluding ortho intramolecular Hbond substituents is 1. The molecule has 0 bridgehead atoms. The summed E-state index contributed by atoms with van der Waals surface area (Å²) in [5.41, 5.74) is 6.69. The van der Waals surface area contributed by atoms with Crippen LogP contribution in [0.1, 0.15) is 33.4 Å². The van der Waals surface area contributed by atoms with E-state index in [2.05, 4.69) is 32.9 Å². The third-order valence-corrected chi connectivity index (χ3v) is 4.29. The monoisotopic (exact) mass is 304 g/mol. The van der Waals surface area contributed by atoms with Crippen molar-refractivity contribution in [2.45, 2.75) is 34.1 Å². The Hall–Kier alpha value is -1.67. The second-order valence-electron chi connectivity index (χ2n) is 5.57. The lowest BCUT2D eigenvalue weighted by atomic mass is 9.92. The highest BCUT2D eigenvalue weighted by molar-refractivity contribution is 6.32. The summed E-state index contributed by atoms with van der Waals surface area (Å²) in [7, 11) is 1.61. The Morgan fingerprint density at radius 2 is 1.57 bits per heavy atom. The molecule has 1 N–H and O–H groups in total. The molecule has 0 unspecified atom stereocenters. The first-order valence-electron chi connectivity index (χ1n) is 6.96. The van der Waals surface area contributed by atoms with Crippen molar-refractivity contribution in [2.75, 3.05) is 7.11 Å². The van der Waals surface area contributed by atoms with Gasteiger partial charge in [-0.3, -0.25) is 0 Å². The van der Waals surface area contributed by atoms with Gasteiger partial charge in [-0.25, -0.2) is 0 Å². The normalized spacial score (nSPS) is 10.8. The van der Waals surface area contributed by atoms with Crippen LogP contribution in [0.5, 0.6) is 11.5 Å². The van der Waals surface area contributed by atoms with Crippen molar-refractivity contribution >= 4 is 11.6 Å². The average Bonchev–Trinajstić information content (AvgIpc) is 2.41. The van der Waals surface area contributed by atoms with Gasteiger partial charge < -0.3 is 9.84 Å². The van der Waals surface area contributed by atoms with E-state index in [0.29, 0.717) is 17.2 Å². The smallest absolute Gasteiger partial charge is 0.138 e. The molecule has 21 heavy (non-hydrogen) atoms. The summed E-state index contributed by atoms with van der Waals surface area (Å²) >= 11 is 6.11. The average molecular weight is 305 g/mol. The maximum atomic E-state index is 10.3. The first-order chi connectivity index (χ1) is 9.85. The zero-order chi connectivity index (χ0) is 15.7. The molecule has 2 nitrogen and oxygen atoms in total. The lowest BCUT2D eigenvalue weighted by molar-refractivity contribution is 0.407. The summed E-state index contributed by atoms with van der Waals surface area (Å²) in [5.74, 6) is 0.851. The van der Waals surface area contributed by atoms with Crippen LogP contribution in [0.15, 0.2) is 18.2 Å². The molecule has 0 fully saturated rings. The van der Waals surface area contributed by atoms with Gasteiger partial charge in [-0.05, 0) is 49.9 Å². The van der Waals surface area contributed by atoms with E-state index in [0.717, 1.165) is 11.1 Å². The Morgan fingerprint density at radius 1 is 1.00 bits per heavy atom. The van der Waals surface area contributed by atoms with Crippen LogP contribution in [0.3, 0.4) is 0 Å². The maximum Gasteiger partial charge on any atom is 0.138 e. The van der Waals surface area contributed by atoms with Gasteiger partial charge in [-0.2, -0.15) is 0 Å². The predicted molar refractivity (Wildman–Crippen MR) is 87.9 cm³/mol. The van der Waals surface area contributed by atoms with Crippen molar-refractivity contribution < 1.29 is 9.84 Å². The zero-order valence-electron chi connectivity index (χ0n) is 13.2. The van der Waals surface area contributed by atoms with Crippen LogP contribution in [0, 0.1) is 27.7 Å². The summed E-state index contributed by atoms with van der Waals surface area (Å²) in [6, 6.07) is 5.98. The molecule has 0 heterocycles. The molecule has 2 aromatic carbocycles. The summed E-state index contributed by atoms with van der Waals surface area (Å²) in [6.07, 6.45) is 0.645. The zero-order valence-corrected chi connectivity index (χ0v) is 13.9. The molecule has 0 aliphatic rings. The van der Waals surface area contributed by atoms with Gasteiger partial charge in [0, 0.05) is 18.1 Å². The number of halogens is 1. The molecule has 0 aliphatic heterocycles. The molecular weight excluding hydrogens is 284 g/mol. The minimum absolute atomic E-state index is 0.148. The summed E-state index contributed by atoms with van der Waals surface area (Å²) in [6.45, 7) is 8.24. The van der Waals surface area contributed by atoms with E-state index >= 15 is 0 Å². The highest BCUT2D eigenvalue weighted by Crippen LogP contribution is 2.38. The van der Waals surface area contributed by atoms with Crippen molar-refractivity contribution in [3.05, 3.63) is 56.6 Å². The molecule has 3 heteroatoms. The Balaban J connectivity index is 2.57. The van der Waals surface area contributed by atoms with E-state index < -0.39 is 0 Å². The third-order valence-electron chi connectivity index (χ3n) is 4.01. The van der Waals surface area contributed by atoms with E-state index in [-0.39, 0.29) is 5.75 Å². The molecule has 2 rings (SSSR count). The number of hydrogen-bond acceptors (Lipinski definition) is 2. The van der Waals surface area contributed by atoms with Gasteiger partial charge in [0.2, 0.25) is 0 Å². The van der Waals surface area contributed by atoms with E-state index in [9.17, 15) is 5.11 Å². The van der Waals surface area contributed by atoms with Crippen molar-refractivity contribution in [3.8, 4) is 11.5 Å². The van der Waals surface area contributed by atoms with Crippen LogP contribution in [0.2, 0.25) is 5.02 Å². The molecule has 0 atom stereocenters. The van der Waals surface area contributed by atoms with Crippen LogP contribution < -0.4 is 4.74 Å². The van der Waals surface area contributed by atoms with E-state index in [1.54, 1.807) is 13.2 Å². The molecule has 0 radical (unpaired) electrons. The predicted octanol–water partition coefficient (Wildman–Crippen LogP) is 4.88. The first-order valence-corrected chi connectivity index (χ1v) is 7.34. The largest absolute Gasteiger partial charge is 0.506 e. The molecule has 112 valence electrons. The Morgan fingerprint density at radius 3 is 2.10 bits per heavy atom. The van der Waals surface area contributed by atoms with Crippen molar-refractivity contribution in [2.24, 2.45) is 0 Å². The van der Waals surface area contributed by atoms with Crippen molar-refractivity contribution in [3.63, 3.8) is 0 Å². The van der Waals surface area contributed by atoms with Gasteiger partial charge >= 0.3 is 0 Å². The minimum Gasteiger partial charge on any atom is -0.506 e. The van der Waals surface area contributed by atoms with Crippen LogP contribution in [0.4, 0.5) is 0 Å². The van der Waals surface area contributed by atoms with E-state index in [4.69, 9.17) is 16.3 Å². The van der Waals surface area contributed by atoms with Crippen molar-refractivity contribution in [1.29, 1.82) is 0 Å². The van der Waals surface area contributed by atoms with Gasteiger partial charge in [-0.1, -0.05) is 29.3 Å². The van der Waals surface area contributed by atoms with Gasteiger partial charge in [0.15, 0.2) is 0 Å². The topological polar surface area (TPSA) is 29.5 Å². The van der Waals surface area contributed by atoms with Crippen LogP contribution in [-0.2, 0) is 6.42 Å². The molecular formula is C18H21ClO2. The van der Waals surface area contributed by atoms with Gasteiger partial charge in [-0.15, -0.1) is 0 Å². The number of benzene rings is 2. The Bertz CT molecular complexity index is 667. The Labute approximate surface area is 131 Å². The summed E-state index contributed by atoms with van der Waals surface area (Å²) in [5, 5.41) is 10.6. The standard InChI is InChI=1S/C18H21ClO2/c1-10-6-11(2)14(12(3)7-10)8-15-13(4)17(21-5)9-16(19)18(15)20/h6-7,9,20H,8H2,1-5H3. The molecule has 0 spiro atoms. The quantitative estimate of drug-likeness (QED) is 0.876. The maximum absolute atomic E-state index is 10.3. The third kappa shape index (κ3) is 3.01. The second-order valence-corrected chi connectivity index (χ2v) is 5.97. The SMILES string of the molecule is COc1cc(Cl)c(O)c(Cc2c(C)cc(C)cc2C)c1C. The number of ether oxygens (including phenoxy) is 1. The Kier molecular flexibility index (Phi) is 4.48. The van der Waals surface area contributed by atoms with Gasteiger partial charge in [0.25, 0.3) is 0 Å². The fourth-order valence-electron chi connectivity index (χ4n) is 2.86. The van der Waals surface area contributed by atoms with Gasteiger partial charge in [0.05, 0.1) is 12.1 Å². The lowest BCUT2D eigenvalue weighted by Gasteiger charge is -2.17. The number of aryl methyl sites for hydroxylation is 3. The molecule has 0 saturated carbocycles. The summed E-state index contributed by atoms with van der Waals surface area (Å²) in [4.78, 5) is 0. The van der Waals surface area contributed by atoms with Crippen LogP contribution in [0.25, 0.3) is 0 Å². The summed E-state index contributed by atoms with van der Waals surface area (Å²) < 4.78 is 5.34. The fourth-order valence-corrected chi connectivity index (χ4v) is 3.07. The fraction of sp³-hybridized carbons (Fsp3) is 0.333. The van der Waals surface area contributed by atoms with Crippen LogP contribution in [-0.4, -0.2) is 12.2 Å². The van der Waals surface area contributed by atoms with E-state index in [1.165, 1.54) is 22.3 Å². The molecule has 0 saturated heterocycles. The number of rotatable bonds is 3. The molecule has 2 aromatic rings. The number of aromatic hydroxyl groups is 1. The first kappa shape index (κ1) is 15.7. The van der Waals surface area contributed by atoms with Crippen LogP contribution >= 0.6 is 11.6 Å². The number of phenols is 1. The second kappa shape index (κ2) is 5.98. The highest BCUT2D eigenvalue weighted by atomic mass is 35.5.